The van der Waals surface area contributed by atoms with Gasteiger partial charge in [0.1, 0.15) is 0 Å². The Hall–Kier alpha value is -1.61. The zero-order valence-electron chi connectivity index (χ0n) is 7.90. The Balaban J connectivity index is 3.70. The molecule has 9 heteroatoms. The highest BCUT2D eigenvalue weighted by Crippen LogP contribution is 2.27. The second-order valence-electron chi connectivity index (χ2n) is 2.67. The zero-order valence-corrected chi connectivity index (χ0v) is 8.72. The number of nitrogens with zero attached hydrogens (tertiary/aromatic N) is 1. The Bertz CT molecular complexity index is 544. The van der Waals surface area contributed by atoms with Gasteiger partial charge in [-0.3, -0.25) is 10.1 Å². The van der Waals surface area contributed by atoms with Crippen molar-refractivity contribution in [3.8, 4) is 0 Å². The van der Waals surface area contributed by atoms with Gasteiger partial charge in [-0.25, -0.2) is 21.9 Å². The Morgan fingerprint density at radius 1 is 1.38 bits per heavy atom. The molecule has 1 rings (SSSR count). The quantitative estimate of drug-likeness (QED) is 0.635. The van der Waals surface area contributed by atoms with Crippen LogP contribution in [0.2, 0.25) is 0 Å². The molecule has 0 heterocycles. The Morgan fingerprint density at radius 2 is 1.94 bits per heavy atom. The average molecular weight is 252 g/mol. The van der Waals surface area contributed by atoms with Gasteiger partial charge in [-0.1, -0.05) is 0 Å². The van der Waals surface area contributed by atoms with Crippen LogP contribution in [0.4, 0.5) is 14.5 Å². The lowest BCUT2D eigenvalue weighted by Crippen LogP contribution is -2.21. The first kappa shape index (κ1) is 12.5. The van der Waals surface area contributed by atoms with Gasteiger partial charge in [0.2, 0.25) is 10.0 Å². The lowest BCUT2D eigenvalue weighted by Gasteiger charge is -2.05. The van der Waals surface area contributed by atoms with Crippen LogP contribution in [0.3, 0.4) is 0 Å². The Kier molecular flexibility index (Phi) is 3.19. The van der Waals surface area contributed by atoms with E-state index < -0.39 is 37.2 Å². The number of halogens is 2. The van der Waals surface area contributed by atoms with Gasteiger partial charge in [0.25, 0.3) is 5.69 Å². The van der Waals surface area contributed by atoms with E-state index in [2.05, 4.69) is 0 Å². The van der Waals surface area contributed by atoms with Gasteiger partial charge in [0.05, 0.1) is 4.92 Å². The molecular weight excluding hydrogens is 246 g/mol. The van der Waals surface area contributed by atoms with Crippen LogP contribution in [0.5, 0.6) is 0 Å². The minimum absolute atomic E-state index is 0.488. The number of sulfonamides is 1. The predicted octanol–water partition coefficient (Wildman–Crippen LogP) is 0.781. The number of nitro benzene ring substituents is 1. The monoisotopic (exact) mass is 252 g/mol. The van der Waals surface area contributed by atoms with E-state index >= 15 is 0 Å². The summed E-state index contributed by atoms with van der Waals surface area (Å²) in [7, 11) is -3.50. The fourth-order valence-corrected chi connectivity index (χ4v) is 1.98. The van der Waals surface area contributed by atoms with Gasteiger partial charge >= 0.3 is 0 Å². The SMILES string of the molecule is CNS(=O)(=O)c1c([N+](=O)[O-])ccc(F)c1F. The summed E-state index contributed by atoms with van der Waals surface area (Å²) in [5, 5.41) is 10.5. The molecule has 0 aliphatic heterocycles. The predicted molar refractivity (Wildman–Crippen MR) is 49.3 cm³/mol. The van der Waals surface area contributed by atoms with Crippen molar-refractivity contribution in [3.63, 3.8) is 0 Å². The molecule has 0 aliphatic carbocycles. The molecule has 0 spiro atoms. The number of rotatable bonds is 3. The third kappa shape index (κ3) is 1.99. The standard InChI is InChI=1S/C7H6F2N2O4S/c1-10-16(14,15)7-5(11(12)13)3-2-4(8)6(7)9/h2-3,10H,1H3. The normalized spacial score (nSPS) is 11.4. The fraction of sp³-hybridized carbons (Fsp3) is 0.143. The van der Waals surface area contributed by atoms with E-state index in [-0.39, 0.29) is 0 Å². The molecule has 0 unspecified atom stereocenters. The van der Waals surface area contributed by atoms with Crippen LogP contribution in [0.25, 0.3) is 0 Å². The molecule has 0 radical (unpaired) electrons. The van der Waals surface area contributed by atoms with E-state index in [1.54, 1.807) is 4.72 Å². The van der Waals surface area contributed by atoms with E-state index in [9.17, 15) is 27.3 Å². The third-order valence-corrected chi connectivity index (χ3v) is 3.23. The summed E-state index contributed by atoms with van der Waals surface area (Å²) in [4.78, 5) is 8.06. The van der Waals surface area contributed by atoms with Crippen LogP contribution >= 0.6 is 0 Å². The van der Waals surface area contributed by atoms with E-state index in [0.29, 0.717) is 12.1 Å². The summed E-state index contributed by atoms with van der Waals surface area (Å²) in [6.07, 6.45) is 0. The summed E-state index contributed by atoms with van der Waals surface area (Å²) in [5.41, 5.74) is -1.02. The van der Waals surface area contributed by atoms with E-state index in [1.165, 1.54) is 0 Å². The van der Waals surface area contributed by atoms with Gasteiger partial charge in [-0.2, -0.15) is 0 Å². The first-order chi connectivity index (χ1) is 7.31. The van der Waals surface area contributed by atoms with Crippen molar-refractivity contribution in [2.45, 2.75) is 4.90 Å². The molecule has 0 atom stereocenters. The topological polar surface area (TPSA) is 89.3 Å². The van der Waals surface area contributed by atoms with Crippen LogP contribution in [0.1, 0.15) is 0 Å². The highest BCUT2D eigenvalue weighted by molar-refractivity contribution is 7.89. The molecule has 0 saturated heterocycles. The number of benzene rings is 1. The molecule has 1 aromatic carbocycles. The highest BCUT2D eigenvalue weighted by atomic mass is 32.2. The summed E-state index contributed by atoms with van der Waals surface area (Å²) >= 11 is 0. The molecule has 0 bridgehead atoms. The molecule has 0 aliphatic rings. The van der Waals surface area contributed by atoms with E-state index in [1.807, 2.05) is 0 Å². The van der Waals surface area contributed by atoms with Crippen molar-refractivity contribution in [3.05, 3.63) is 33.9 Å². The van der Waals surface area contributed by atoms with Crippen LogP contribution in [0.15, 0.2) is 17.0 Å². The second kappa shape index (κ2) is 4.10. The van der Waals surface area contributed by atoms with Crippen LogP contribution in [-0.2, 0) is 10.0 Å². The van der Waals surface area contributed by atoms with Gasteiger partial charge in [0, 0.05) is 6.07 Å². The molecular formula is C7H6F2N2O4S. The first-order valence-electron chi connectivity index (χ1n) is 3.87. The minimum Gasteiger partial charge on any atom is -0.258 e. The molecule has 88 valence electrons. The maximum absolute atomic E-state index is 13.2. The Labute approximate surface area is 89.1 Å². The lowest BCUT2D eigenvalue weighted by molar-refractivity contribution is -0.388. The third-order valence-electron chi connectivity index (χ3n) is 1.76. The summed E-state index contributed by atoms with van der Waals surface area (Å²) in [6, 6.07) is 1.07. The molecule has 1 N–H and O–H groups in total. The van der Waals surface area contributed by atoms with Crippen molar-refractivity contribution < 1.29 is 22.1 Å². The number of nitro groups is 1. The molecule has 0 fully saturated rings. The maximum Gasteiger partial charge on any atom is 0.292 e. The van der Waals surface area contributed by atoms with Crippen molar-refractivity contribution >= 4 is 15.7 Å². The Morgan fingerprint density at radius 3 is 2.38 bits per heavy atom. The molecule has 0 amide bonds. The number of hydrogen-bond acceptors (Lipinski definition) is 4. The van der Waals surface area contributed by atoms with Crippen LogP contribution < -0.4 is 4.72 Å². The molecule has 1 aromatic rings. The second-order valence-corrected chi connectivity index (χ2v) is 4.50. The van der Waals surface area contributed by atoms with Gasteiger partial charge in [-0.05, 0) is 13.1 Å². The van der Waals surface area contributed by atoms with Crippen LogP contribution in [0, 0.1) is 21.7 Å². The van der Waals surface area contributed by atoms with Gasteiger partial charge < -0.3 is 0 Å². The molecule has 6 nitrogen and oxygen atoms in total. The largest absolute Gasteiger partial charge is 0.292 e. The van der Waals surface area contributed by atoms with Crippen molar-refractivity contribution in [1.82, 2.24) is 4.72 Å². The summed E-state index contributed by atoms with van der Waals surface area (Å²) in [5.74, 6) is -3.25. The maximum atomic E-state index is 13.2. The summed E-state index contributed by atoms with van der Waals surface area (Å²) in [6.45, 7) is 0. The smallest absolute Gasteiger partial charge is 0.258 e. The number of hydrogen-bond donors (Lipinski definition) is 1. The summed E-state index contributed by atoms with van der Waals surface area (Å²) < 4.78 is 50.2. The van der Waals surface area contributed by atoms with Crippen molar-refractivity contribution in [2.24, 2.45) is 0 Å². The van der Waals surface area contributed by atoms with Crippen molar-refractivity contribution in [2.75, 3.05) is 7.05 Å². The molecule has 0 saturated carbocycles. The molecule has 0 aromatic heterocycles. The fourth-order valence-electron chi connectivity index (χ4n) is 1.02. The zero-order chi connectivity index (χ0) is 12.5. The van der Waals surface area contributed by atoms with Crippen molar-refractivity contribution in [1.29, 1.82) is 0 Å². The number of nitrogens with one attached hydrogen (secondary N) is 1. The lowest BCUT2D eigenvalue weighted by atomic mass is 10.3. The molecule has 16 heavy (non-hydrogen) atoms. The minimum atomic E-state index is -4.43. The van der Waals surface area contributed by atoms with E-state index in [0.717, 1.165) is 7.05 Å². The highest BCUT2D eigenvalue weighted by Gasteiger charge is 2.31. The van der Waals surface area contributed by atoms with E-state index in [4.69, 9.17) is 0 Å². The van der Waals surface area contributed by atoms with Gasteiger partial charge in [-0.15, -0.1) is 0 Å². The van der Waals surface area contributed by atoms with Gasteiger partial charge in [0.15, 0.2) is 16.5 Å². The van der Waals surface area contributed by atoms with Crippen LogP contribution in [-0.4, -0.2) is 20.4 Å². The average Bonchev–Trinajstić information content (AvgIpc) is 2.21. The first-order valence-corrected chi connectivity index (χ1v) is 5.35.